The van der Waals surface area contributed by atoms with Gasteiger partial charge in [-0.1, -0.05) is 121 Å². The predicted octanol–water partition coefficient (Wildman–Crippen LogP) is 6.20. The van der Waals surface area contributed by atoms with Crippen LogP contribution in [0.4, 0.5) is 0 Å². The first-order chi connectivity index (χ1) is 21.1. The van der Waals surface area contributed by atoms with Crippen LogP contribution in [0.3, 0.4) is 0 Å². The van der Waals surface area contributed by atoms with Crippen molar-refractivity contribution in [2.75, 3.05) is 19.6 Å². The summed E-state index contributed by atoms with van der Waals surface area (Å²) >= 11 is 0. The van der Waals surface area contributed by atoms with Crippen LogP contribution in [0, 0.1) is 0 Å². The van der Waals surface area contributed by atoms with E-state index in [9.17, 15) is 9.59 Å². The second-order valence-electron chi connectivity index (χ2n) is 11.3. The minimum absolute atomic E-state index is 0.0426. The normalized spacial score (nSPS) is 17.1. The Morgan fingerprint density at radius 2 is 1.37 bits per heavy atom. The van der Waals surface area contributed by atoms with Gasteiger partial charge >= 0.3 is 0 Å². The Kier molecular flexibility index (Phi) is 8.90. The molecule has 2 N–H and O–H groups in total. The summed E-state index contributed by atoms with van der Waals surface area (Å²) in [7, 11) is 0. The highest BCUT2D eigenvalue weighted by atomic mass is 16.2. The monoisotopic (exact) mass is 567 g/mol. The smallest absolute Gasteiger partial charge is 0.251 e. The van der Waals surface area contributed by atoms with Gasteiger partial charge in [0.15, 0.2) is 0 Å². The highest BCUT2D eigenvalue weighted by Crippen LogP contribution is 2.27. The number of carbonyl (C=O) groups excluding carboxylic acids is 2. The third kappa shape index (κ3) is 7.02. The molecule has 216 valence electrons. The standard InChI is InChI=1S/C38H37N3O2/c42-37(33-21-20-29-14-10-11-19-32(29)25-33)39-26-34-22-23-41(38(43)36(40-34)24-28-12-4-1-5-13-28)27-35(30-15-6-2-7-16-30)31-17-8-3-9-18-31/h1-21,25,34-36,40H,22-24,26-27H2,(H,39,42)/t34-,36-/m1/s1. The van der Waals surface area contributed by atoms with Gasteiger partial charge in [0.25, 0.3) is 5.91 Å². The molecule has 5 heteroatoms. The van der Waals surface area contributed by atoms with Crippen LogP contribution in [-0.2, 0) is 11.2 Å². The first-order valence-electron chi connectivity index (χ1n) is 15.1. The summed E-state index contributed by atoms with van der Waals surface area (Å²) in [4.78, 5) is 29.3. The van der Waals surface area contributed by atoms with Crippen LogP contribution < -0.4 is 10.6 Å². The topological polar surface area (TPSA) is 61.4 Å². The van der Waals surface area contributed by atoms with Gasteiger partial charge < -0.3 is 15.5 Å². The molecular weight excluding hydrogens is 530 g/mol. The summed E-state index contributed by atoms with van der Waals surface area (Å²) in [5, 5.41) is 8.91. The Bertz CT molecular complexity index is 1620. The lowest BCUT2D eigenvalue weighted by molar-refractivity contribution is -0.132. The Labute approximate surface area is 253 Å². The average molecular weight is 568 g/mol. The third-order valence-corrected chi connectivity index (χ3v) is 8.40. The maximum Gasteiger partial charge on any atom is 0.251 e. The molecule has 0 saturated carbocycles. The maximum absolute atomic E-state index is 14.2. The minimum atomic E-state index is -0.389. The number of rotatable bonds is 9. The van der Waals surface area contributed by atoms with Gasteiger partial charge in [-0.2, -0.15) is 0 Å². The van der Waals surface area contributed by atoms with E-state index in [1.165, 1.54) is 11.1 Å². The van der Waals surface area contributed by atoms with Crippen LogP contribution >= 0.6 is 0 Å². The SMILES string of the molecule is O=C(NC[C@H]1CCN(CC(c2ccccc2)c2ccccc2)C(=O)[C@@H](Cc2ccccc2)N1)c1ccc2ccccc2c1. The summed E-state index contributed by atoms with van der Waals surface area (Å²) in [5.41, 5.74) is 4.13. The summed E-state index contributed by atoms with van der Waals surface area (Å²) in [6.07, 6.45) is 1.33. The van der Waals surface area contributed by atoms with Crippen LogP contribution in [0.2, 0.25) is 0 Å². The molecule has 1 aliphatic heterocycles. The quantitative estimate of drug-likeness (QED) is 0.223. The van der Waals surface area contributed by atoms with E-state index >= 15 is 0 Å². The molecule has 1 heterocycles. The van der Waals surface area contributed by atoms with Gasteiger partial charge in [0.1, 0.15) is 0 Å². The second kappa shape index (κ2) is 13.5. The fraction of sp³-hybridized carbons (Fsp3) is 0.211. The lowest BCUT2D eigenvalue weighted by Crippen LogP contribution is -2.50. The third-order valence-electron chi connectivity index (χ3n) is 8.40. The van der Waals surface area contributed by atoms with Crippen molar-refractivity contribution in [1.82, 2.24) is 15.5 Å². The molecule has 0 aliphatic carbocycles. The van der Waals surface area contributed by atoms with E-state index < -0.39 is 0 Å². The lowest BCUT2D eigenvalue weighted by Gasteiger charge is -2.29. The fourth-order valence-corrected chi connectivity index (χ4v) is 6.06. The number of amides is 2. The van der Waals surface area contributed by atoms with Crippen molar-refractivity contribution < 1.29 is 9.59 Å². The van der Waals surface area contributed by atoms with Gasteiger partial charge in [-0.05, 0) is 52.4 Å². The summed E-state index contributed by atoms with van der Waals surface area (Å²) in [5.74, 6) is 0.0600. The summed E-state index contributed by atoms with van der Waals surface area (Å²) in [6.45, 7) is 1.65. The summed E-state index contributed by atoms with van der Waals surface area (Å²) < 4.78 is 0. The molecule has 1 fully saturated rings. The van der Waals surface area contributed by atoms with E-state index in [1.807, 2.05) is 77.7 Å². The van der Waals surface area contributed by atoms with E-state index in [1.54, 1.807) is 0 Å². The molecule has 5 aromatic rings. The average Bonchev–Trinajstić information content (AvgIpc) is 3.21. The number of hydrogen-bond acceptors (Lipinski definition) is 3. The van der Waals surface area contributed by atoms with Crippen molar-refractivity contribution in [3.63, 3.8) is 0 Å². The highest BCUT2D eigenvalue weighted by Gasteiger charge is 2.33. The predicted molar refractivity (Wildman–Crippen MR) is 173 cm³/mol. The van der Waals surface area contributed by atoms with Crippen LogP contribution in [0.5, 0.6) is 0 Å². The number of hydrogen-bond donors (Lipinski definition) is 2. The molecule has 0 radical (unpaired) electrons. The molecule has 2 atom stereocenters. The van der Waals surface area contributed by atoms with Gasteiger partial charge in [-0.15, -0.1) is 0 Å². The van der Waals surface area contributed by atoms with Crippen LogP contribution in [0.15, 0.2) is 133 Å². The van der Waals surface area contributed by atoms with Crippen LogP contribution in [0.25, 0.3) is 10.8 Å². The van der Waals surface area contributed by atoms with Gasteiger partial charge in [0.2, 0.25) is 5.91 Å². The zero-order valence-electron chi connectivity index (χ0n) is 24.2. The molecule has 5 nitrogen and oxygen atoms in total. The van der Waals surface area contributed by atoms with E-state index in [0.717, 1.165) is 22.8 Å². The molecule has 0 bridgehead atoms. The van der Waals surface area contributed by atoms with Gasteiger partial charge in [0.05, 0.1) is 6.04 Å². The van der Waals surface area contributed by atoms with Gasteiger partial charge in [-0.25, -0.2) is 0 Å². The molecule has 6 rings (SSSR count). The first kappa shape index (κ1) is 28.4. The Morgan fingerprint density at radius 3 is 2.05 bits per heavy atom. The Balaban J connectivity index is 1.21. The van der Waals surface area contributed by atoms with Crippen LogP contribution in [-0.4, -0.2) is 48.4 Å². The minimum Gasteiger partial charge on any atom is -0.350 e. The zero-order valence-corrected chi connectivity index (χ0v) is 24.2. The number of carbonyl (C=O) groups is 2. The Hall–Kier alpha value is -4.74. The molecule has 2 amide bonds. The van der Waals surface area contributed by atoms with E-state index in [0.29, 0.717) is 31.6 Å². The van der Waals surface area contributed by atoms with Crippen molar-refractivity contribution >= 4 is 22.6 Å². The van der Waals surface area contributed by atoms with Crippen molar-refractivity contribution in [1.29, 1.82) is 0 Å². The van der Waals surface area contributed by atoms with Crippen molar-refractivity contribution in [3.8, 4) is 0 Å². The van der Waals surface area contributed by atoms with Crippen molar-refractivity contribution in [2.45, 2.75) is 30.8 Å². The molecule has 0 spiro atoms. The second-order valence-corrected chi connectivity index (χ2v) is 11.3. The van der Waals surface area contributed by atoms with Crippen molar-refractivity contribution in [3.05, 3.63) is 156 Å². The number of benzene rings is 5. The molecule has 1 aliphatic rings. The fourth-order valence-electron chi connectivity index (χ4n) is 6.06. The highest BCUT2D eigenvalue weighted by molar-refractivity contribution is 5.98. The number of nitrogens with zero attached hydrogens (tertiary/aromatic N) is 1. The van der Waals surface area contributed by atoms with Crippen molar-refractivity contribution in [2.24, 2.45) is 0 Å². The van der Waals surface area contributed by atoms with E-state index in [4.69, 9.17) is 0 Å². The molecule has 0 unspecified atom stereocenters. The Morgan fingerprint density at radius 1 is 0.767 bits per heavy atom. The molecule has 1 saturated heterocycles. The van der Waals surface area contributed by atoms with E-state index in [2.05, 4.69) is 71.3 Å². The lowest BCUT2D eigenvalue weighted by atomic mass is 9.90. The molecule has 0 aromatic heterocycles. The summed E-state index contributed by atoms with van der Waals surface area (Å²) in [6, 6.07) is 44.4. The largest absolute Gasteiger partial charge is 0.350 e. The maximum atomic E-state index is 14.2. The first-order valence-corrected chi connectivity index (χ1v) is 15.1. The number of nitrogens with one attached hydrogen (secondary N) is 2. The zero-order chi connectivity index (χ0) is 29.4. The van der Waals surface area contributed by atoms with E-state index in [-0.39, 0.29) is 29.8 Å². The van der Waals surface area contributed by atoms with Crippen LogP contribution in [0.1, 0.15) is 39.4 Å². The van der Waals surface area contributed by atoms with Gasteiger partial charge in [0, 0.05) is 37.2 Å². The molecular formula is C38H37N3O2. The van der Waals surface area contributed by atoms with Gasteiger partial charge in [-0.3, -0.25) is 9.59 Å². The molecule has 5 aromatic carbocycles. The number of fused-ring (bicyclic) bond motifs is 1. The molecule has 43 heavy (non-hydrogen) atoms.